The molecule has 0 aromatic rings. The van der Waals surface area contributed by atoms with Gasteiger partial charge in [-0.1, -0.05) is 6.92 Å². The molecule has 2 nitrogen and oxygen atoms in total. The number of hydrogen-bond acceptors (Lipinski definition) is 2. The van der Waals surface area contributed by atoms with Crippen molar-refractivity contribution in [2.75, 3.05) is 12.3 Å². The summed E-state index contributed by atoms with van der Waals surface area (Å²) in [4.78, 5) is 11.0. The van der Waals surface area contributed by atoms with E-state index in [0.717, 1.165) is 12.3 Å². The van der Waals surface area contributed by atoms with Crippen molar-refractivity contribution >= 4 is 17.7 Å². The fourth-order valence-electron chi connectivity index (χ4n) is 0.644. The first kappa shape index (κ1) is 9.82. The lowest BCUT2D eigenvalue weighted by Gasteiger charge is -2.08. The SMILES string of the molecule is CCNC(=O)[C@H](C)SCC. The van der Waals surface area contributed by atoms with Crippen LogP contribution >= 0.6 is 11.8 Å². The molecule has 10 heavy (non-hydrogen) atoms. The van der Waals surface area contributed by atoms with Crippen molar-refractivity contribution in [3.8, 4) is 0 Å². The topological polar surface area (TPSA) is 29.1 Å². The summed E-state index contributed by atoms with van der Waals surface area (Å²) in [6.07, 6.45) is 0. The summed E-state index contributed by atoms with van der Waals surface area (Å²) in [5, 5.41) is 2.87. The summed E-state index contributed by atoms with van der Waals surface area (Å²) in [7, 11) is 0. The minimum Gasteiger partial charge on any atom is -0.355 e. The molecular weight excluding hydrogens is 146 g/mol. The highest BCUT2D eigenvalue weighted by Crippen LogP contribution is 2.08. The number of amides is 1. The zero-order valence-corrected chi connectivity index (χ0v) is 7.62. The molecule has 0 unspecified atom stereocenters. The molecule has 0 spiro atoms. The Bertz CT molecular complexity index is 106. The van der Waals surface area contributed by atoms with Gasteiger partial charge in [0, 0.05) is 6.54 Å². The van der Waals surface area contributed by atoms with Crippen LogP contribution in [0.2, 0.25) is 0 Å². The van der Waals surface area contributed by atoms with Crippen LogP contribution in [-0.4, -0.2) is 23.5 Å². The van der Waals surface area contributed by atoms with Gasteiger partial charge in [0.1, 0.15) is 0 Å². The predicted octanol–water partition coefficient (Wildman–Crippen LogP) is 1.26. The molecule has 0 saturated carbocycles. The van der Waals surface area contributed by atoms with E-state index in [1.165, 1.54) is 0 Å². The van der Waals surface area contributed by atoms with E-state index in [0.29, 0.717) is 0 Å². The number of hydrogen-bond donors (Lipinski definition) is 1. The maximum Gasteiger partial charge on any atom is 0.232 e. The molecule has 0 aromatic carbocycles. The molecule has 3 heteroatoms. The molecule has 0 saturated heterocycles. The van der Waals surface area contributed by atoms with E-state index >= 15 is 0 Å². The molecule has 0 aromatic heterocycles. The fourth-order valence-corrected chi connectivity index (χ4v) is 1.38. The number of thioether (sulfide) groups is 1. The summed E-state index contributed by atoms with van der Waals surface area (Å²) < 4.78 is 0. The first-order valence-electron chi connectivity index (χ1n) is 3.61. The zero-order valence-electron chi connectivity index (χ0n) is 6.81. The second kappa shape index (κ2) is 5.59. The van der Waals surface area contributed by atoms with Gasteiger partial charge in [0.25, 0.3) is 0 Å². The molecule has 0 radical (unpaired) electrons. The predicted molar refractivity (Wildman–Crippen MR) is 46.3 cm³/mol. The van der Waals surface area contributed by atoms with Crippen LogP contribution in [0.5, 0.6) is 0 Å². The van der Waals surface area contributed by atoms with E-state index < -0.39 is 0 Å². The third kappa shape index (κ3) is 3.77. The van der Waals surface area contributed by atoms with E-state index in [4.69, 9.17) is 0 Å². The van der Waals surface area contributed by atoms with Gasteiger partial charge in [-0.2, -0.15) is 0 Å². The highest BCUT2D eigenvalue weighted by atomic mass is 32.2. The maximum atomic E-state index is 11.0. The van der Waals surface area contributed by atoms with E-state index in [-0.39, 0.29) is 11.2 Å². The maximum absolute atomic E-state index is 11.0. The Morgan fingerprint density at radius 2 is 2.20 bits per heavy atom. The molecule has 0 aliphatic rings. The Kier molecular flexibility index (Phi) is 5.49. The van der Waals surface area contributed by atoms with Gasteiger partial charge in [-0.15, -0.1) is 11.8 Å². The highest BCUT2D eigenvalue weighted by Gasteiger charge is 2.09. The van der Waals surface area contributed by atoms with Crippen LogP contribution in [0.15, 0.2) is 0 Å². The average molecular weight is 161 g/mol. The van der Waals surface area contributed by atoms with Crippen molar-refractivity contribution in [2.24, 2.45) is 0 Å². The second-order valence-electron chi connectivity index (χ2n) is 1.99. The molecule has 0 aliphatic heterocycles. The highest BCUT2D eigenvalue weighted by molar-refractivity contribution is 8.00. The lowest BCUT2D eigenvalue weighted by atomic mass is 10.4. The second-order valence-corrected chi connectivity index (χ2v) is 3.61. The quantitative estimate of drug-likeness (QED) is 0.672. The summed E-state index contributed by atoms with van der Waals surface area (Å²) >= 11 is 1.67. The fraction of sp³-hybridized carbons (Fsp3) is 0.857. The smallest absolute Gasteiger partial charge is 0.232 e. The number of carbonyl (C=O) groups is 1. The van der Waals surface area contributed by atoms with E-state index in [9.17, 15) is 4.79 Å². The van der Waals surface area contributed by atoms with Crippen LogP contribution < -0.4 is 5.32 Å². The Hall–Kier alpha value is -0.180. The summed E-state index contributed by atoms with van der Waals surface area (Å²) in [6.45, 7) is 6.65. The Balaban J connectivity index is 3.49. The van der Waals surface area contributed by atoms with Crippen molar-refractivity contribution in [1.82, 2.24) is 5.32 Å². The van der Waals surface area contributed by atoms with E-state index in [2.05, 4.69) is 12.2 Å². The molecule has 1 atom stereocenters. The first-order valence-corrected chi connectivity index (χ1v) is 4.66. The van der Waals surface area contributed by atoms with E-state index in [1.54, 1.807) is 11.8 Å². The van der Waals surface area contributed by atoms with Crippen LogP contribution in [-0.2, 0) is 4.79 Å². The van der Waals surface area contributed by atoms with Gasteiger partial charge in [0.05, 0.1) is 5.25 Å². The average Bonchev–Trinajstić information content (AvgIpc) is 1.89. The van der Waals surface area contributed by atoms with Crippen LogP contribution in [0.4, 0.5) is 0 Å². The third-order valence-corrected chi connectivity index (χ3v) is 2.18. The molecule has 1 N–H and O–H groups in total. The monoisotopic (exact) mass is 161 g/mol. The molecule has 0 aliphatic carbocycles. The summed E-state index contributed by atoms with van der Waals surface area (Å²) in [6, 6.07) is 0. The van der Waals surface area contributed by atoms with Gasteiger partial charge in [0.15, 0.2) is 0 Å². The molecular formula is C7H15NOS. The molecule has 1 amide bonds. The Morgan fingerprint density at radius 3 is 2.60 bits per heavy atom. The molecule has 60 valence electrons. The van der Waals surface area contributed by atoms with Crippen molar-refractivity contribution in [3.63, 3.8) is 0 Å². The number of rotatable bonds is 4. The van der Waals surface area contributed by atoms with Gasteiger partial charge >= 0.3 is 0 Å². The number of nitrogens with one attached hydrogen (secondary N) is 1. The Labute approximate surface area is 66.8 Å². The zero-order chi connectivity index (χ0) is 7.98. The summed E-state index contributed by atoms with van der Waals surface area (Å²) in [5.74, 6) is 1.15. The standard InChI is InChI=1S/C7H15NOS/c1-4-8-7(9)6(3)10-5-2/h6H,4-5H2,1-3H3,(H,8,9)/t6-/m0/s1. The molecule has 0 rings (SSSR count). The van der Waals surface area contributed by atoms with Gasteiger partial charge in [0.2, 0.25) is 5.91 Å². The lowest BCUT2D eigenvalue weighted by Crippen LogP contribution is -2.30. The minimum absolute atomic E-state index is 0.102. The summed E-state index contributed by atoms with van der Waals surface area (Å²) in [5.41, 5.74) is 0. The molecule has 0 heterocycles. The Morgan fingerprint density at radius 1 is 1.60 bits per heavy atom. The van der Waals surface area contributed by atoms with Crippen molar-refractivity contribution in [1.29, 1.82) is 0 Å². The van der Waals surface area contributed by atoms with Crippen LogP contribution in [0, 0.1) is 0 Å². The third-order valence-electron chi connectivity index (χ3n) is 1.14. The van der Waals surface area contributed by atoms with Crippen LogP contribution in [0.25, 0.3) is 0 Å². The van der Waals surface area contributed by atoms with Crippen molar-refractivity contribution < 1.29 is 4.79 Å². The molecule has 0 bridgehead atoms. The number of carbonyl (C=O) groups excluding carboxylic acids is 1. The van der Waals surface area contributed by atoms with Crippen LogP contribution in [0.3, 0.4) is 0 Å². The largest absolute Gasteiger partial charge is 0.355 e. The van der Waals surface area contributed by atoms with Crippen molar-refractivity contribution in [3.05, 3.63) is 0 Å². The van der Waals surface area contributed by atoms with Crippen molar-refractivity contribution in [2.45, 2.75) is 26.0 Å². The lowest BCUT2D eigenvalue weighted by molar-refractivity contribution is -0.120. The van der Waals surface area contributed by atoms with Gasteiger partial charge in [-0.3, -0.25) is 4.79 Å². The minimum atomic E-state index is 0.102. The van der Waals surface area contributed by atoms with E-state index in [1.807, 2.05) is 13.8 Å². The molecule has 0 fully saturated rings. The normalized spacial score (nSPS) is 12.7. The first-order chi connectivity index (χ1) is 4.72. The van der Waals surface area contributed by atoms with Gasteiger partial charge in [-0.25, -0.2) is 0 Å². The van der Waals surface area contributed by atoms with Gasteiger partial charge < -0.3 is 5.32 Å². The van der Waals surface area contributed by atoms with Crippen LogP contribution in [0.1, 0.15) is 20.8 Å². The van der Waals surface area contributed by atoms with Gasteiger partial charge in [-0.05, 0) is 19.6 Å².